The zero-order valence-corrected chi connectivity index (χ0v) is 13.4. The maximum Gasteiger partial charge on any atom is 0.230 e. The molecule has 5 nitrogen and oxygen atoms in total. The van der Waals surface area contributed by atoms with Crippen LogP contribution in [-0.2, 0) is 0 Å². The largest absolute Gasteiger partial charge is 0.464 e. The van der Waals surface area contributed by atoms with Gasteiger partial charge in [-0.15, -0.1) is 0 Å². The van der Waals surface area contributed by atoms with Crippen molar-refractivity contribution in [3.8, 4) is 29.0 Å². The summed E-state index contributed by atoms with van der Waals surface area (Å²) in [5, 5.41) is 9.70. The SMILES string of the molecule is Cc1cc(Oc2nccc3occc23)ccc1-c1ccc(C#N)cn1. The van der Waals surface area contributed by atoms with Gasteiger partial charge in [-0.1, -0.05) is 0 Å². The van der Waals surface area contributed by atoms with Crippen molar-refractivity contribution < 1.29 is 9.15 Å². The summed E-state index contributed by atoms with van der Waals surface area (Å²) < 4.78 is 11.3. The number of fused-ring (bicyclic) bond motifs is 1. The van der Waals surface area contributed by atoms with Gasteiger partial charge in [-0.25, -0.2) is 4.98 Å². The van der Waals surface area contributed by atoms with Crippen molar-refractivity contribution in [1.82, 2.24) is 9.97 Å². The molecule has 0 spiro atoms. The monoisotopic (exact) mass is 327 g/mol. The number of aryl methyl sites for hydroxylation is 1. The average Bonchev–Trinajstić information content (AvgIpc) is 3.12. The van der Waals surface area contributed by atoms with E-state index in [1.54, 1.807) is 30.8 Å². The molecule has 0 N–H and O–H groups in total. The first-order valence-corrected chi connectivity index (χ1v) is 7.72. The molecule has 0 unspecified atom stereocenters. The lowest BCUT2D eigenvalue weighted by atomic mass is 10.0. The van der Waals surface area contributed by atoms with Crippen LogP contribution in [-0.4, -0.2) is 9.97 Å². The fourth-order valence-electron chi connectivity index (χ4n) is 2.67. The molecule has 0 fully saturated rings. The quantitative estimate of drug-likeness (QED) is 0.537. The molecule has 3 heterocycles. The summed E-state index contributed by atoms with van der Waals surface area (Å²) in [5.41, 5.74) is 4.11. The normalized spacial score (nSPS) is 10.6. The third-order valence-electron chi connectivity index (χ3n) is 3.92. The van der Waals surface area contributed by atoms with E-state index in [1.807, 2.05) is 37.3 Å². The lowest BCUT2D eigenvalue weighted by molar-refractivity contribution is 0.468. The van der Waals surface area contributed by atoms with Crippen LogP contribution in [0.3, 0.4) is 0 Å². The molecule has 0 radical (unpaired) electrons. The first-order chi connectivity index (χ1) is 12.2. The second kappa shape index (κ2) is 6.10. The number of benzene rings is 1. The van der Waals surface area contributed by atoms with Gasteiger partial charge in [0.2, 0.25) is 5.88 Å². The van der Waals surface area contributed by atoms with Crippen molar-refractivity contribution >= 4 is 11.0 Å². The fraction of sp³-hybridized carbons (Fsp3) is 0.0500. The van der Waals surface area contributed by atoms with E-state index in [0.29, 0.717) is 17.2 Å². The minimum atomic E-state index is 0.509. The van der Waals surface area contributed by atoms with E-state index in [1.165, 1.54) is 0 Å². The highest BCUT2D eigenvalue weighted by atomic mass is 16.5. The summed E-state index contributed by atoms with van der Waals surface area (Å²) >= 11 is 0. The second-order valence-corrected chi connectivity index (χ2v) is 5.57. The average molecular weight is 327 g/mol. The molecular weight excluding hydrogens is 314 g/mol. The number of hydrogen-bond acceptors (Lipinski definition) is 5. The summed E-state index contributed by atoms with van der Waals surface area (Å²) in [6.07, 6.45) is 4.84. The Balaban J connectivity index is 1.65. The molecule has 1 aromatic carbocycles. The highest BCUT2D eigenvalue weighted by molar-refractivity contribution is 5.82. The van der Waals surface area contributed by atoms with Crippen LogP contribution in [0.4, 0.5) is 0 Å². The maximum atomic E-state index is 8.87. The van der Waals surface area contributed by atoms with Crippen molar-refractivity contribution in [1.29, 1.82) is 5.26 Å². The first kappa shape index (κ1) is 14.9. The van der Waals surface area contributed by atoms with Crippen molar-refractivity contribution in [3.63, 3.8) is 0 Å². The van der Waals surface area contributed by atoms with E-state index in [9.17, 15) is 0 Å². The van der Waals surface area contributed by atoms with Crippen molar-refractivity contribution in [3.05, 3.63) is 72.2 Å². The van der Waals surface area contributed by atoms with Crippen molar-refractivity contribution in [2.75, 3.05) is 0 Å². The molecule has 4 rings (SSSR count). The van der Waals surface area contributed by atoms with E-state index in [4.69, 9.17) is 14.4 Å². The van der Waals surface area contributed by atoms with E-state index in [-0.39, 0.29) is 0 Å². The van der Waals surface area contributed by atoms with Crippen LogP contribution in [0.2, 0.25) is 0 Å². The Bertz CT molecular complexity index is 1090. The topological polar surface area (TPSA) is 71.9 Å². The molecule has 0 saturated heterocycles. The molecular formula is C20H13N3O2. The van der Waals surface area contributed by atoms with E-state index < -0.39 is 0 Å². The van der Waals surface area contributed by atoms with Gasteiger partial charge in [0.05, 0.1) is 22.9 Å². The van der Waals surface area contributed by atoms with Crippen LogP contribution in [0, 0.1) is 18.3 Å². The number of nitriles is 1. The van der Waals surface area contributed by atoms with E-state index >= 15 is 0 Å². The Hall–Kier alpha value is -3.65. The summed E-state index contributed by atoms with van der Waals surface area (Å²) in [4.78, 5) is 8.62. The lowest BCUT2D eigenvalue weighted by Crippen LogP contribution is -1.91. The third-order valence-corrected chi connectivity index (χ3v) is 3.92. The molecule has 0 aliphatic rings. The van der Waals surface area contributed by atoms with Gasteiger partial charge in [0.1, 0.15) is 17.4 Å². The van der Waals surface area contributed by atoms with Gasteiger partial charge < -0.3 is 9.15 Å². The number of rotatable bonds is 3. The Morgan fingerprint density at radius 1 is 1.08 bits per heavy atom. The van der Waals surface area contributed by atoms with Crippen LogP contribution in [0.5, 0.6) is 11.6 Å². The van der Waals surface area contributed by atoms with Crippen molar-refractivity contribution in [2.24, 2.45) is 0 Å². The summed E-state index contributed by atoms with van der Waals surface area (Å²) in [7, 11) is 0. The Labute approximate surface area is 144 Å². The van der Waals surface area contributed by atoms with Crippen LogP contribution in [0.15, 0.2) is 65.5 Å². The summed E-state index contributed by atoms with van der Waals surface area (Å²) in [5.74, 6) is 1.20. The zero-order valence-electron chi connectivity index (χ0n) is 13.4. The zero-order chi connectivity index (χ0) is 17.2. The smallest absolute Gasteiger partial charge is 0.230 e. The standard InChI is InChI=1S/C20H13N3O2/c1-13-10-15(25-20-17-7-9-24-19(17)6-8-22-20)3-4-16(13)18-5-2-14(11-21)12-23-18/h2-10,12H,1H3. The molecule has 0 aliphatic heterocycles. The number of nitrogens with zero attached hydrogens (tertiary/aromatic N) is 3. The molecule has 25 heavy (non-hydrogen) atoms. The van der Waals surface area contributed by atoms with Gasteiger partial charge >= 0.3 is 0 Å². The molecule has 0 aliphatic carbocycles. The van der Waals surface area contributed by atoms with Crippen LogP contribution < -0.4 is 4.74 Å². The molecule has 3 aromatic heterocycles. The Morgan fingerprint density at radius 3 is 2.76 bits per heavy atom. The van der Waals surface area contributed by atoms with Gasteiger partial charge in [-0.05, 0) is 55.0 Å². The molecule has 120 valence electrons. The molecule has 0 bridgehead atoms. The second-order valence-electron chi connectivity index (χ2n) is 5.57. The minimum Gasteiger partial charge on any atom is -0.464 e. The predicted octanol–water partition coefficient (Wildman–Crippen LogP) is 4.86. The van der Waals surface area contributed by atoms with Crippen molar-refractivity contribution in [2.45, 2.75) is 6.92 Å². The molecule has 5 heteroatoms. The van der Waals surface area contributed by atoms with Crippen LogP contribution in [0.1, 0.15) is 11.1 Å². The van der Waals surface area contributed by atoms with Gasteiger partial charge in [0, 0.05) is 18.0 Å². The molecule has 4 aromatic rings. The van der Waals surface area contributed by atoms with Crippen LogP contribution in [0.25, 0.3) is 22.2 Å². The van der Waals surface area contributed by atoms with Crippen LogP contribution >= 0.6 is 0 Å². The Kier molecular flexibility index (Phi) is 3.64. The molecule has 0 atom stereocenters. The number of hydrogen-bond donors (Lipinski definition) is 0. The first-order valence-electron chi connectivity index (χ1n) is 7.72. The maximum absolute atomic E-state index is 8.87. The highest BCUT2D eigenvalue weighted by Gasteiger charge is 2.09. The number of aromatic nitrogens is 2. The van der Waals surface area contributed by atoms with Gasteiger partial charge in [-0.3, -0.25) is 4.98 Å². The third kappa shape index (κ3) is 2.81. The minimum absolute atomic E-state index is 0.509. The van der Waals surface area contributed by atoms with E-state index in [0.717, 1.165) is 27.8 Å². The summed E-state index contributed by atoms with van der Waals surface area (Å²) in [6, 6.07) is 15.1. The predicted molar refractivity (Wildman–Crippen MR) is 93.2 cm³/mol. The fourth-order valence-corrected chi connectivity index (χ4v) is 2.67. The van der Waals surface area contributed by atoms with E-state index in [2.05, 4.69) is 16.0 Å². The Morgan fingerprint density at radius 2 is 2.00 bits per heavy atom. The number of furan rings is 1. The number of ether oxygens (including phenoxy) is 1. The molecule has 0 amide bonds. The highest BCUT2D eigenvalue weighted by Crippen LogP contribution is 2.31. The lowest BCUT2D eigenvalue weighted by Gasteiger charge is -2.09. The van der Waals surface area contributed by atoms with Gasteiger partial charge in [0.25, 0.3) is 0 Å². The molecule has 0 saturated carbocycles. The van der Waals surface area contributed by atoms with Gasteiger partial charge in [-0.2, -0.15) is 5.26 Å². The summed E-state index contributed by atoms with van der Waals surface area (Å²) in [6.45, 7) is 1.99. The van der Waals surface area contributed by atoms with Gasteiger partial charge in [0.15, 0.2) is 0 Å². The number of pyridine rings is 2.